The lowest BCUT2D eigenvalue weighted by Crippen LogP contribution is -2.31. The van der Waals surface area contributed by atoms with Crippen molar-refractivity contribution in [2.24, 2.45) is 5.92 Å². The van der Waals surface area contributed by atoms with Gasteiger partial charge in [0.25, 0.3) is 0 Å². The van der Waals surface area contributed by atoms with Gasteiger partial charge < -0.3 is 29.9 Å². The fourth-order valence-corrected chi connectivity index (χ4v) is 4.11. The lowest BCUT2D eigenvalue weighted by molar-refractivity contribution is -0.0999. The Balaban J connectivity index is 1.66. The summed E-state index contributed by atoms with van der Waals surface area (Å²) < 4.78 is 11.4. The van der Waals surface area contributed by atoms with E-state index in [2.05, 4.69) is 19.9 Å². The molecule has 1 saturated heterocycles. The van der Waals surface area contributed by atoms with E-state index >= 15 is 0 Å². The Hall–Kier alpha value is -2.44. The highest BCUT2D eigenvalue weighted by Crippen LogP contribution is 2.41. The van der Waals surface area contributed by atoms with Gasteiger partial charge in [-0.25, -0.2) is 0 Å². The number of aryl methyl sites for hydroxylation is 2. The molecule has 31 heavy (non-hydrogen) atoms. The maximum atomic E-state index is 10.4. The number of aromatic hydroxyl groups is 3. The van der Waals surface area contributed by atoms with Gasteiger partial charge in [-0.05, 0) is 72.9 Å². The molecule has 170 valence electrons. The first kappa shape index (κ1) is 23.2. The van der Waals surface area contributed by atoms with Crippen molar-refractivity contribution in [2.45, 2.75) is 70.7 Å². The van der Waals surface area contributed by atoms with Crippen molar-refractivity contribution in [1.29, 1.82) is 0 Å². The van der Waals surface area contributed by atoms with Gasteiger partial charge in [-0.3, -0.25) is 0 Å². The molecule has 6 nitrogen and oxygen atoms in total. The summed E-state index contributed by atoms with van der Waals surface area (Å²) in [6, 6.07) is 8.86. The summed E-state index contributed by atoms with van der Waals surface area (Å²) in [4.78, 5) is 0. The molecule has 3 rings (SSSR count). The number of rotatable bonds is 8. The molecule has 0 spiro atoms. The summed E-state index contributed by atoms with van der Waals surface area (Å²) in [6.45, 7) is 4.35. The van der Waals surface area contributed by atoms with Crippen LogP contribution in [0.25, 0.3) is 0 Å². The van der Waals surface area contributed by atoms with Crippen molar-refractivity contribution in [3.8, 4) is 23.0 Å². The molecule has 0 saturated carbocycles. The van der Waals surface area contributed by atoms with E-state index < -0.39 is 12.2 Å². The number of ether oxygens (including phenoxy) is 2. The van der Waals surface area contributed by atoms with Crippen molar-refractivity contribution in [3.05, 3.63) is 47.0 Å². The van der Waals surface area contributed by atoms with E-state index in [9.17, 15) is 20.4 Å². The molecule has 3 atom stereocenters. The minimum atomic E-state index is -0.507. The average Bonchev–Trinajstić information content (AvgIpc) is 2.73. The van der Waals surface area contributed by atoms with Gasteiger partial charge in [0, 0.05) is 6.42 Å². The molecule has 2 aromatic rings. The Bertz CT molecular complexity index is 879. The molecule has 6 heteroatoms. The van der Waals surface area contributed by atoms with Crippen LogP contribution in [-0.2, 0) is 17.6 Å². The third-order valence-corrected chi connectivity index (χ3v) is 5.94. The lowest BCUT2D eigenvalue weighted by Gasteiger charge is -2.34. The molecular formula is C25H34O6. The minimum absolute atomic E-state index is 0.136. The van der Waals surface area contributed by atoms with Crippen molar-refractivity contribution in [2.75, 3.05) is 7.11 Å². The molecule has 0 amide bonds. The maximum Gasteiger partial charge on any atom is 0.200 e. The fraction of sp³-hybridized carbons (Fsp3) is 0.520. The van der Waals surface area contributed by atoms with E-state index in [-0.39, 0.29) is 23.4 Å². The van der Waals surface area contributed by atoms with Crippen molar-refractivity contribution in [3.63, 3.8) is 0 Å². The number of aliphatic hydroxyl groups excluding tert-OH is 1. The highest BCUT2D eigenvalue weighted by Gasteiger charge is 2.30. The average molecular weight is 431 g/mol. The van der Waals surface area contributed by atoms with Gasteiger partial charge in [-0.15, -0.1) is 0 Å². The minimum Gasteiger partial charge on any atom is -0.508 e. The SMILES string of the molecule is COc1cc([C@@H]2C[C@H](O)C[C@@H](CCc3ccc(O)c(CCC(C)C)c3)O2)cc(O)c1O. The zero-order valence-electron chi connectivity index (χ0n) is 18.5. The molecule has 1 aliphatic rings. The lowest BCUT2D eigenvalue weighted by atomic mass is 9.92. The third-order valence-electron chi connectivity index (χ3n) is 5.94. The van der Waals surface area contributed by atoms with Gasteiger partial charge in [0.15, 0.2) is 11.5 Å². The predicted octanol–water partition coefficient (Wildman–Crippen LogP) is 4.61. The Morgan fingerprint density at radius 1 is 1.03 bits per heavy atom. The van der Waals surface area contributed by atoms with Crippen LogP contribution in [0.3, 0.4) is 0 Å². The number of aliphatic hydroxyl groups is 1. The molecule has 0 bridgehead atoms. The predicted molar refractivity (Wildman–Crippen MR) is 119 cm³/mol. The van der Waals surface area contributed by atoms with E-state index in [0.717, 1.165) is 36.8 Å². The topological polar surface area (TPSA) is 99.4 Å². The Morgan fingerprint density at radius 2 is 1.81 bits per heavy atom. The van der Waals surface area contributed by atoms with Crippen molar-refractivity contribution < 1.29 is 29.9 Å². The standard InChI is InChI=1S/C25H34O6/c1-15(2)4-7-17-10-16(6-9-21(17)27)5-8-20-13-19(26)14-23(31-20)18-11-22(28)25(29)24(12-18)30-3/h6,9-12,15,19-20,23,26-29H,4-5,7-8,13-14H2,1-3H3/t19-,20-,23+/m1/s1. The Labute approximate surface area is 184 Å². The number of hydrogen-bond acceptors (Lipinski definition) is 6. The van der Waals surface area contributed by atoms with E-state index in [1.807, 2.05) is 6.07 Å². The van der Waals surface area contributed by atoms with Crippen LogP contribution >= 0.6 is 0 Å². The summed E-state index contributed by atoms with van der Waals surface area (Å²) in [6.07, 6.45) is 3.33. The van der Waals surface area contributed by atoms with E-state index in [0.29, 0.717) is 30.1 Å². The number of phenols is 3. The van der Waals surface area contributed by atoms with E-state index in [1.54, 1.807) is 12.1 Å². The first-order valence-corrected chi connectivity index (χ1v) is 11.0. The molecule has 1 aliphatic heterocycles. The summed E-state index contributed by atoms with van der Waals surface area (Å²) in [5.74, 6) is 0.519. The highest BCUT2D eigenvalue weighted by atomic mass is 16.5. The van der Waals surface area contributed by atoms with Crippen LogP contribution in [0.15, 0.2) is 30.3 Å². The van der Waals surface area contributed by atoms with Gasteiger partial charge in [-0.1, -0.05) is 26.0 Å². The first-order valence-electron chi connectivity index (χ1n) is 11.0. The van der Waals surface area contributed by atoms with Gasteiger partial charge in [0.05, 0.1) is 25.4 Å². The molecule has 2 aromatic carbocycles. The normalized spacial score (nSPS) is 21.4. The fourth-order valence-electron chi connectivity index (χ4n) is 4.11. The Morgan fingerprint density at radius 3 is 2.52 bits per heavy atom. The van der Waals surface area contributed by atoms with E-state index in [4.69, 9.17) is 9.47 Å². The molecule has 0 aromatic heterocycles. The summed E-state index contributed by atoms with van der Waals surface area (Å²) in [5.41, 5.74) is 2.78. The van der Waals surface area contributed by atoms with Crippen LogP contribution in [0.4, 0.5) is 0 Å². The van der Waals surface area contributed by atoms with Crippen LogP contribution in [0.5, 0.6) is 23.0 Å². The second-order valence-electron chi connectivity index (χ2n) is 8.90. The zero-order valence-corrected chi connectivity index (χ0v) is 18.5. The third kappa shape index (κ3) is 6.05. The molecule has 0 aliphatic carbocycles. The van der Waals surface area contributed by atoms with Gasteiger partial charge >= 0.3 is 0 Å². The molecule has 1 fully saturated rings. The number of hydrogen-bond donors (Lipinski definition) is 4. The quantitative estimate of drug-likeness (QED) is 0.456. The number of benzene rings is 2. The number of phenolic OH excluding ortho intramolecular Hbond substituents is 3. The highest BCUT2D eigenvalue weighted by molar-refractivity contribution is 5.52. The van der Waals surface area contributed by atoms with Crippen LogP contribution in [0.1, 0.15) is 62.3 Å². The van der Waals surface area contributed by atoms with Crippen molar-refractivity contribution >= 4 is 0 Å². The second kappa shape index (κ2) is 10.2. The molecule has 1 heterocycles. The first-order chi connectivity index (χ1) is 14.8. The van der Waals surface area contributed by atoms with Crippen LogP contribution in [0, 0.1) is 5.92 Å². The van der Waals surface area contributed by atoms with Crippen molar-refractivity contribution in [1.82, 2.24) is 0 Å². The molecule has 0 radical (unpaired) electrons. The van der Waals surface area contributed by atoms with Crippen LogP contribution in [-0.4, -0.2) is 39.7 Å². The molecule has 0 unspecified atom stereocenters. The molecule has 4 N–H and O–H groups in total. The maximum absolute atomic E-state index is 10.4. The number of methoxy groups -OCH3 is 1. The van der Waals surface area contributed by atoms with Gasteiger partial charge in [-0.2, -0.15) is 0 Å². The second-order valence-corrected chi connectivity index (χ2v) is 8.90. The molecular weight excluding hydrogens is 396 g/mol. The monoisotopic (exact) mass is 430 g/mol. The zero-order chi connectivity index (χ0) is 22.5. The van der Waals surface area contributed by atoms with Gasteiger partial charge in [0.1, 0.15) is 5.75 Å². The summed E-state index contributed by atoms with van der Waals surface area (Å²) in [7, 11) is 1.42. The van der Waals surface area contributed by atoms with E-state index in [1.165, 1.54) is 13.2 Å². The largest absolute Gasteiger partial charge is 0.508 e. The summed E-state index contributed by atoms with van der Waals surface area (Å²) >= 11 is 0. The van der Waals surface area contributed by atoms with Gasteiger partial charge in [0.2, 0.25) is 5.75 Å². The van der Waals surface area contributed by atoms with Crippen LogP contribution in [0.2, 0.25) is 0 Å². The van der Waals surface area contributed by atoms with Crippen LogP contribution < -0.4 is 4.74 Å². The summed E-state index contributed by atoms with van der Waals surface area (Å²) in [5, 5.41) is 40.4. The smallest absolute Gasteiger partial charge is 0.200 e. The Kier molecular flexibility index (Phi) is 7.68.